The molecule has 0 aliphatic heterocycles. The molecule has 0 spiro atoms. The third-order valence-corrected chi connectivity index (χ3v) is 11.6. The molecule has 2 nitrogen and oxygen atoms in total. The molecule has 2 heteroatoms. The molecule has 1 atom stereocenters. The molecular formula is C57H41NO. The van der Waals surface area contributed by atoms with Crippen LogP contribution in [0.25, 0.3) is 39.5 Å². The molecule has 0 radical (unpaired) electrons. The van der Waals surface area contributed by atoms with Crippen molar-refractivity contribution in [3.05, 3.63) is 265 Å². The van der Waals surface area contributed by atoms with Gasteiger partial charge in [0.15, 0.2) is 0 Å². The van der Waals surface area contributed by atoms with Crippen LogP contribution in [-0.2, 0) is 5.41 Å². The molecule has 9 aromatic rings. The minimum atomic E-state index is -0.538. The van der Waals surface area contributed by atoms with Crippen LogP contribution in [0, 0.1) is 0 Å². The summed E-state index contributed by atoms with van der Waals surface area (Å²) in [5, 5.41) is 0. The molecular weight excluding hydrogens is 715 g/mol. The number of hydrogen-bond acceptors (Lipinski definition) is 2. The molecule has 0 aromatic heterocycles. The molecule has 10 rings (SSSR count). The Morgan fingerprint density at radius 2 is 0.831 bits per heavy atom. The number of hydrogen-bond donors (Lipinski definition) is 0. The zero-order valence-corrected chi connectivity index (χ0v) is 32.6. The molecule has 0 bridgehead atoms. The van der Waals surface area contributed by atoms with Crippen LogP contribution in [0.2, 0.25) is 0 Å². The predicted molar refractivity (Wildman–Crippen MR) is 246 cm³/mol. The van der Waals surface area contributed by atoms with Crippen LogP contribution in [0.15, 0.2) is 237 Å². The lowest BCUT2D eigenvalue weighted by Crippen LogP contribution is -2.28. The van der Waals surface area contributed by atoms with Gasteiger partial charge in [-0.25, -0.2) is 0 Å². The smallest absolute Gasteiger partial charge is 0.127 e. The van der Waals surface area contributed by atoms with Crippen molar-refractivity contribution < 1.29 is 4.74 Å². The quantitative estimate of drug-likeness (QED) is 0.138. The van der Waals surface area contributed by atoms with Crippen LogP contribution < -0.4 is 9.64 Å². The van der Waals surface area contributed by atoms with E-state index in [1.54, 1.807) is 0 Å². The van der Waals surface area contributed by atoms with E-state index in [1.165, 1.54) is 50.1 Å². The number of nitrogens with zero attached hydrogens (tertiary/aromatic N) is 1. The summed E-state index contributed by atoms with van der Waals surface area (Å²) >= 11 is 0. The first kappa shape index (κ1) is 35.7. The van der Waals surface area contributed by atoms with Gasteiger partial charge in [-0.2, -0.15) is 0 Å². The lowest BCUT2D eigenvalue weighted by atomic mass is 9.67. The third kappa shape index (κ3) is 6.51. The Bertz CT molecular complexity index is 2870. The standard InChI is InChI=1S/C57H41NO/c1-2-41-22-35-51(36-23-41)59-52-37-29-47(30-38-52)57(46-16-8-4-9-17-46)55-21-13-12-20-53(55)54-39-28-45(40-56(54)57)44-26-33-50(34-27-44)58(48-18-10-5-11-19-48)49-31-24-43(25-32-49)42-14-6-3-7-15-42/h2-40H,1H2. The first-order valence-electron chi connectivity index (χ1n) is 20.1. The van der Waals surface area contributed by atoms with Crippen molar-refractivity contribution in [1.29, 1.82) is 0 Å². The zero-order valence-electron chi connectivity index (χ0n) is 32.6. The molecule has 0 fully saturated rings. The van der Waals surface area contributed by atoms with Crippen molar-refractivity contribution in [3.63, 3.8) is 0 Å². The molecule has 280 valence electrons. The van der Waals surface area contributed by atoms with Crippen LogP contribution in [0.3, 0.4) is 0 Å². The fourth-order valence-corrected chi connectivity index (χ4v) is 8.78. The van der Waals surface area contributed by atoms with Crippen LogP contribution in [-0.4, -0.2) is 0 Å². The van der Waals surface area contributed by atoms with E-state index in [9.17, 15) is 0 Å². The maximum Gasteiger partial charge on any atom is 0.127 e. The highest BCUT2D eigenvalue weighted by molar-refractivity contribution is 5.89. The van der Waals surface area contributed by atoms with Gasteiger partial charge in [-0.05, 0) is 128 Å². The topological polar surface area (TPSA) is 12.5 Å². The summed E-state index contributed by atoms with van der Waals surface area (Å²) in [6.07, 6.45) is 1.84. The Morgan fingerprint density at radius 3 is 1.46 bits per heavy atom. The molecule has 0 heterocycles. The Balaban J connectivity index is 1.05. The minimum absolute atomic E-state index is 0.538. The van der Waals surface area contributed by atoms with Crippen molar-refractivity contribution in [1.82, 2.24) is 0 Å². The fraction of sp³-hybridized carbons (Fsp3) is 0.0175. The van der Waals surface area contributed by atoms with Gasteiger partial charge in [0.05, 0.1) is 5.41 Å². The van der Waals surface area contributed by atoms with Gasteiger partial charge in [0.1, 0.15) is 11.5 Å². The highest BCUT2D eigenvalue weighted by atomic mass is 16.5. The van der Waals surface area contributed by atoms with Crippen LogP contribution in [0.4, 0.5) is 17.1 Å². The summed E-state index contributed by atoms with van der Waals surface area (Å²) in [6, 6.07) is 82.4. The second-order valence-electron chi connectivity index (χ2n) is 15.0. The predicted octanol–water partition coefficient (Wildman–Crippen LogP) is 15.3. The van der Waals surface area contributed by atoms with E-state index in [0.29, 0.717) is 0 Å². The summed E-state index contributed by atoms with van der Waals surface area (Å²) < 4.78 is 6.32. The third-order valence-electron chi connectivity index (χ3n) is 11.6. The molecule has 9 aromatic carbocycles. The van der Waals surface area contributed by atoms with Gasteiger partial charge >= 0.3 is 0 Å². The second kappa shape index (κ2) is 15.3. The summed E-state index contributed by atoms with van der Waals surface area (Å²) in [4.78, 5) is 2.32. The van der Waals surface area contributed by atoms with E-state index in [-0.39, 0.29) is 0 Å². The van der Waals surface area contributed by atoms with E-state index < -0.39 is 5.41 Å². The molecule has 1 aliphatic rings. The fourth-order valence-electron chi connectivity index (χ4n) is 8.78. The number of fused-ring (bicyclic) bond motifs is 3. The summed E-state index contributed by atoms with van der Waals surface area (Å²) in [7, 11) is 0. The monoisotopic (exact) mass is 755 g/mol. The number of para-hydroxylation sites is 1. The van der Waals surface area contributed by atoms with Gasteiger partial charge in [-0.1, -0.05) is 176 Å². The van der Waals surface area contributed by atoms with Crippen LogP contribution in [0.5, 0.6) is 11.5 Å². The summed E-state index contributed by atoms with van der Waals surface area (Å²) in [5.74, 6) is 1.58. The van der Waals surface area contributed by atoms with Gasteiger partial charge in [0, 0.05) is 17.1 Å². The Kier molecular flexibility index (Phi) is 9.29. The molecule has 0 saturated heterocycles. The van der Waals surface area contributed by atoms with Gasteiger partial charge < -0.3 is 9.64 Å². The van der Waals surface area contributed by atoms with Crippen LogP contribution >= 0.6 is 0 Å². The Labute approximate surface area is 346 Å². The van der Waals surface area contributed by atoms with E-state index in [0.717, 1.165) is 39.7 Å². The zero-order chi connectivity index (χ0) is 39.6. The van der Waals surface area contributed by atoms with E-state index in [2.05, 4.69) is 218 Å². The van der Waals surface area contributed by atoms with Gasteiger partial charge in [-0.3, -0.25) is 0 Å². The average Bonchev–Trinajstić information content (AvgIpc) is 3.61. The molecule has 59 heavy (non-hydrogen) atoms. The van der Waals surface area contributed by atoms with E-state index in [4.69, 9.17) is 4.74 Å². The first-order valence-corrected chi connectivity index (χ1v) is 20.1. The molecule has 1 aliphatic carbocycles. The minimum Gasteiger partial charge on any atom is -0.457 e. The van der Waals surface area contributed by atoms with Crippen molar-refractivity contribution in [2.75, 3.05) is 4.90 Å². The normalized spacial score (nSPS) is 13.9. The van der Waals surface area contributed by atoms with Crippen molar-refractivity contribution >= 4 is 23.1 Å². The number of ether oxygens (including phenoxy) is 1. The number of anilines is 3. The molecule has 0 amide bonds. The van der Waals surface area contributed by atoms with E-state index >= 15 is 0 Å². The van der Waals surface area contributed by atoms with E-state index in [1.807, 2.05) is 30.3 Å². The highest BCUT2D eigenvalue weighted by Crippen LogP contribution is 2.57. The molecule has 0 N–H and O–H groups in total. The first-order chi connectivity index (χ1) is 29.2. The van der Waals surface area contributed by atoms with Gasteiger partial charge in [0.25, 0.3) is 0 Å². The Morgan fingerprint density at radius 1 is 0.373 bits per heavy atom. The summed E-state index contributed by atoms with van der Waals surface area (Å²) in [5.41, 5.74) is 16.0. The lowest BCUT2D eigenvalue weighted by molar-refractivity contribution is 0.482. The van der Waals surface area contributed by atoms with Crippen molar-refractivity contribution in [2.45, 2.75) is 5.41 Å². The largest absolute Gasteiger partial charge is 0.457 e. The SMILES string of the molecule is C=Cc1ccc(Oc2ccc(C3(c4ccccc4)c4ccccc4-c4ccc(-c5ccc(N(c6ccccc6)c6ccc(-c7ccccc7)cc6)cc5)cc43)cc2)cc1. The summed E-state index contributed by atoms with van der Waals surface area (Å²) in [6.45, 7) is 3.88. The highest BCUT2D eigenvalue weighted by Gasteiger charge is 2.46. The van der Waals surface area contributed by atoms with Crippen molar-refractivity contribution in [2.24, 2.45) is 0 Å². The van der Waals surface area contributed by atoms with Gasteiger partial charge in [-0.15, -0.1) is 0 Å². The Hall–Kier alpha value is -7.68. The maximum absolute atomic E-state index is 6.32. The van der Waals surface area contributed by atoms with Crippen LogP contribution in [0.1, 0.15) is 27.8 Å². The lowest BCUT2D eigenvalue weighted by Gasteiger charge is -2.34. The van der Waals surface area contributed by atoms with Gasteiger partial charge in [0.2, 0.25) is 0 Å². The number of benzene rings is 9. The van der Waals surface area contributed by atoms with Crippen molar-refractivity contribution in [3.8, 4) is 44.9 Å². The second-order valence-corrected chi connectivity index (χ2v) is 15.0. The number of rotatable bonds is 10. The molecule has 0 saturated carbocycles. The maximum atomic E-state index is 6.32. The molecule has 1 unspecified atom stereocenters. The average molecular weight is 756 g/mol.